The fraction of sp³-hybridized carbons (Fsp3) is 0.778. The van der Waals surface area contributed by atoms with Crippen LogP contribution in [0.15, 0.2) is 4.99 Å². The molecular formula is C9H12N3O7P. The van der Waals surface area contributed by atoms with Crippen molar-refractivity contribution in [1.29, 1.82) is 0 Å². The van der Waals surface area contributed by atoms with Crippen LogP contribution in [0.25, 0.3) is 0 Å². The van der Waals surface area contributed by atoms with Crippen LogP contribution in [0.5, 0.6) is 0 Å². The van der Waals surface area contributed by atoms with Crippen molar-refractivity contribution >= 4 is 19.7 Å². The van der Waals surface area contributed by atoms with Crippen LogP contribution in [-0.4, -0.2) is 59.0 Å². The average Bonchev–Trinajstić information content (AvgIpc) is 2.72. The van der Waals surface area contributed by atoms with Crippen molar-refractivity contribution in [1.82, 2.24) is 4.90 Å². The molecule has 0 aromatic carbocycles. The minimum absolute atomic E-state index is 0.114. The highest BCUT2D eigenvalue weighted by atomic mass is 31.2. The van der Waals surface area contributed by atoms with Crippen LogP contribution >= 0.6 is 7.82 Å². The van der Waals surface area contributed by atoms with Gasteiger partial charge < -0.3 is 20.1 Å². The second-order valence-electron chi connectivity index (χ2n) is 4.96. The van der Waals surface area contributed by atoms with Gasteiger partial charge in [0, 0.05) is 0 Å². The molecule has 4 rings (SSSR count). The predicted molar refractivity (Wildman–Crippen MR) is 61.4 cm³/mol. The Hall–Kier alpha value is -1.03. The zero-order valence-corrected chi connectivity index (χ0v) is 11.0. The van der Waals surface area contributed by atoms with Crippen LogP contribution in [0.1, 0.15) is 6.42 Å². The standard InChI is InChI=1S/C9H12N3O7P/c10-4-1-5-12(9(13)11-4)8-7-6(3(17-8)2-16-5)18-20(14,15)19-7/h3,5-8H,1-2H2,(H,14,15)(H2,10,11,13)/t3-,5?,6?,7?,8-/m1/s1. The maximum Gasteiger partial charge on any atom is 0.473 e. The van der Waals surface area contributed by atoms with Crippen molar-refractivity contribution < 1.29 is 32.8 Å². The van der Waals surface area contributed by atoms with Crippen LogP contribution in [0.3, 0.4) is 0 Å². The molecular weight excluding hydrogens is 293 g/mol. The highest BCUT2D eigenvalue weighted by molar-refractivity contribution is 7.47. The summed E-state index contributed by atoms with van der Waals surface area (Å²) >= 11 is 0. The van der Waals surface area contributed by atoms with Crippen molar-refractivity contribution in [3.8, 4) is 0 Å². The number of ether oxygens (including phenoxy) is 2. The van der Waals surface area contributed by atoms with Crippen LogP contribution in [0.2, 0.25) is 0 Å². The van der Waals surface area contributed by atoms with E-state index in [9.17, 15) is 14.3 Å². The Morgan fingerprint density at radius 1 is 1.40 bits per heavy atom. The fourth-order valence-electron chi connectivity index (χ4n) is 2.88. The molecule has 0 radical (unpaired) electrons. The summed E-state index contributed by atoms with van der Waals surface area (Å²) in [5.74, 6) is 0.182. The van der Waals surface area contributed by atoms with Gasteiger partial charge in [0.05, 0.1) is 13.0 Å². The van der Waals surface area contributed by atoms with E-state index in [0.29, 0.717) is 0 Å². The third-order valence-electron chi connectivity index (χ3n) is 3.68. The summed E-state index contributed by atoms with van der Waals surface area (Å²) in [4.78, 5) is 26.3. The number of aliphatic imine (C=N–C) groups is 1. The first-order valence-electron chi connectivity index (χ1n) is 6.06. The molecule has 0 saturated carbocycles. The van der Waals surface area contributed by atoms with Crippen molar-refractivity contribution in [3.63, 3.8) is 0 Å². The number of amidine groups is 1. The lowest BCUT2D eigenvalue weighted by Gasteiger charge is -2.36. The number of fused-ring (bicyclic) bond motifs is 7. The number of urea groups is 1. The van der Waals surface area contributed by atoms with Gasteiger partial charge in [-0.3, -0.25) is 13.9 Å². The summed E-state index contributed by atoms with van der Waals surface area (Å²) in [7, 11) is -4.11. The predicted octanol–water partition coefficient (Wildman–Crippen LogP) is -0.865. The van der Waals surface area contributed by atoms with Gasteiger partial charge in [-0.2, -0.15) is 4.99 Å². The molecule has 6 atom stereocenters. The number of rotatable bonds is 0. The van der Waals surface area contributed by atoms with E-state index in [-0.39, 0.29) is 18.9 Å². The average molecular weight is 305 g/mol. The van der Waals surface area contributed by atoms with E-state index in [1.54, 1.807) is 0 Å². The van der Waals surface area contributed by atoms with Gasteiger partial charge in [0.15, 0.2) is 6.23 Å². The van der Waals surface area contributed by atoms with Gasteiger partial charge in [-0.1, -0.05) is 0 Å². The summed E-state index contributed by atoms with van der Waals surface area (Å²) < 4.78 is 32.7. The number of hydrogen-bond acceptors (Lipinski definition) is 7. The van der Waals surface area contributed by atoms with Crippen LogP contribution in [0.4, 0.5) is 4.79 Å². The molecule has 110 valence electrons. The molecule has 0 spiro atoms. The quantitative estimate of drug-likeness (QED) is 0.552. The smallest absolute Gasteiger partial charge is 0.387 e. The summed E-state index contributed by atoms with van der Waals surface area (Å²) in [6.45, 7) is 0.114. The summed E-state index contributed by atoms with van der Waals surface area (Å²) in [6, 6.07) is -0.617. The minimum atomic E-state index is -4.11. The Kier molecular flexibility index (Phi) is 2.54. The van der Waals surface area contributed by atoms with Gasteiger partial charge in [0.2, 0.25) is 0 Å². The summed E-state index contributed by atoms with van der Waals surface area (Å²) in [6.07, 6.45) is -3.38. The molecule has 0 aromatic heterocycles. The summed E-state index contributed by atoms with van der Waals surface area (Å²) in [5.41, 5.74) is 5.57. The van der Waals surface area contributed by atoms with Crippen molar-refractivity contribution in [2.45, 2.75) is 37.2 Å². The number of amides is 2. The van der Waals surface area contributed by atoms with Crippen LogP contribution in [0, 0.1) is 0 Å². The Morgan fingerprint density at radius 3 is 2.95 bits per heavy atom. The lowest BCUT2D eigenvalue weighted by molar-refractivity contribution is -0.0899. The van der Waals surface area contributed by atoms with Gasteiger partial charge >= 0.3 is 13.9 Å². The summed E-state index contributed by atoms with van der Waals surface area (Å²) in [5, 5.41) is 0. The molecule has 3 fully saturated rings. The second kappa shape index (κ2) is 4.00. The molecule has 3 N–H and O–H groups in total. The van der Waals surface area contributed by atoms with E-state index >= 15 is 0 Å². The van der Waals surface area contributed by atoms with Crippen LogP contribution < -0.4 is 5.73 Å². The minimum Gasteiger partial charge on any atom is -0.387 e. The third kappa shape index (κ3) is 1.73. The first-order chi connectivity index (χ1) is 9.44. The van der Waals surface area contributed by atoms with E-state index in [4.69, 9.17) is 24.3 Å². The molecule has 4 unspecified atom stereocenters. The molecule has 0 aliphatic carbocycles. The Balaban J connectivity index is 1.70. The molecule has 4 aliphatic rings. The number of phosphoric acid groups is 1. The molecule has 11 heteroatoms. The molecule has 20 heavy (non-hydrogen) atoms. The van der Waals surface area contributed by atoms with Gasteiger partial charge in [-0.15, -0.1) is 0 Å². The van der Waals surface area contributed by atoms with Gasteiger partial charge in [0.1, 0.15) is 30.4 Å². The first-order valence-corrected chi connectivity index (χ1v) is 7.56. The third-order valence-corrected chi connectivity index (χ3v) is 4.70. The molecule has 10 nitrogen and oxygen atoms in total. The molecule has 2 amide bonds. The van der Waals surface area contributed by atoms with E-state index in [1.165, 1.54) is 4.90 Å². The van der Waals surface area contributed by atoms with Crippen LogP contribution in [-0.2, 0) is 23.1 Å². The number of hydrogen-bond donors (Lipinski definition) is 2. The van der Waals surface area contributed by atoms with Crippen molar-refractivity contribution in [2.75, 3.05) is 6.61 Å². The zero-order valence-electron chi connectivity index (χ0n) is 10.1. The number of carbonyl (C=O) groups excluding carboxylic acids is 1. The topological polar surface area (TPSA) is 133 Å². The lowest BCUT2D eigenvalue weighted by Crippen LogP contribution is -2.55. The molecule has 4 aliphatic heterocycles. The number of phosphoric ester groups is 1. The van der Waals surface area contributed by atoms with E-state index < -0.39 is 44.6 Å². The monoisotopic (exact) mass is 305 g/mol. The van der Waals surface area contributed by atoms with E-state index in [2.05, 4.69) is 4.99 Å². The number of nitrogens with zero attached hydrogens (tertiary/aromatic N) is 2. The Labute approximate surface area is 113 Å². The largest absolute Gasteiger partial charge is 0.473 e. The number of carbonyl (C=O) groups is 1. The lowest BCUT2D eigenvalue weighted by atomic mass is 10.1. The maximum atomic E-state index is 12.0. The fourth-order valence-corrected chi connectivity index (χ4v) is 4.03. The van der Waals surface area contributed by atoms with E-state index in [1.807, 2.05) is 0 Å². The number of nitrogens with two attached hydrogens (primary N) is 1. The first kappa shape index (κ1) is 12.7. The molecule has 2 bridgehead atoms. The highest BCUT2D eigenvalue weighted by Gasteiger charge is 2.62. The second-order valence-corrected chi connectivity index (χ2v) is 6.32. The van der Waals surface area contributed by atoms with E-state index in [0.717, 1.165) is 0 Å². The molecule has 4 heterocycles. The van der Waals surface area contributed by atoms with Gasteiger partial charge in [-0.25, -0.2) is 9.36 Å². The molecule has 3 saturated heterocycles. The normalized spacial score (nSPS) is 50.5. The molecule has 0 aromatic rings. The highest BCUT2D eigenvalue weighted by Crippen LogP contribution is 2.57. The van der Waals surface area contributed by atoms with Gasteiger partial charge in [0.25, 0.3) is 0 Å². The zero-order chi connectivity index (χ0) is 14.1. The van der Waals surface area contributed by atoms with Crippen molar-refractivity contribution in [3.05, 3.63) is 0 Å². The SMILES string of the molecule is NC1=NC(=O)N2C(C1)OC[C@H]1O[C@@H]2C2OP(=O)(O)OC21. The Morgan fingerprint density at radius 2 is 2.15 bits per heavy atom. The Bertz CT molecular complexity index is 554. The van der Waals surface area contributed by atoms with Gasteiger partial charge in [-0.05, 0) is 0 Å². The van der Waals surface area contributed by atoms with Crippen molar-refractivity contribution in [2.24, 2.45) is 10.7 Å². The maximum absolute atomic E-state index is 12.0.